The van der Waals surface area contributed by atoms with Crippen LogP contribution in [0.5, 0.6) is 0 Å². The number of carbonyl (C=O) groups excluding carboxylic acids is 3. The summed E-state index contributed by atoms with van der Waals surface area (Å²) in [6.45, 7) is 1.55. The predicted octanol–water partition coefficient (Wildman–Crippen LogP) is -0.874. The average Bonchev–Trinajstić information content (AvgIpc) is 2.67. The Labute approximate surface area is 110 Å². The molecule has 0 aromatic carbocycles. The number of methoxy groups -OCH3 is 3. The topological polar surface area (TPSA) is 91.4 Å². The van der Waals surface area contributed by atoms with E-state index in [1.807, 2.05) is 0 Å². The van der Waals surface area contributed by atoms with Crippen LogP contribution >= 0.6 is 0 Å². The molecule has 19 heavy (non-hydrogen) atoms. The van der Waals surface area contributed by atoms with Crippen LogP contribution in [0.25, 0.3) is 0 Å². The largest absolute Gasteiger partial charge is 0.469 e. The lowest BCUT2D eigenvalue weighted by atomic mass is 9.81. The first-order valence-electron chi connectivity index (χ1n) is 5.53. The zero-order chi connectivity index (χ0) is 14.8. The summed E-state index contributed by atoms with van der Waals surface area (Å²) in [6.07, 6.45) is -0.740. The number of ether oxygens (including phenoxy) is 3. The molecule has 0 amide bonds. The van der Waals surface area contributed by atoms with Crippen LogP contribution in [0, 0.1) is 5.92 Å². The third-order valence-corrected chi connectivity index (χ3v) is 3.19. The second-order valence-electron chi connectivity index (χ2n) is 4.06. The second-order valence-corrected chi connectivity index (χ2v) is 4.06. The molecule has 0 aromatic heterocycles. The summed E-state index contributed by atoms with van der Waals surface area (Å²) in [7, 11) is 4.73. The molecular weight excluding hydrogens is 258 g/mol. The van der Waals surface area contributed by atoms with Crippen LogP contribution in [0.2, 0.25) is 0 Å². The lowest BCUT2D eigenvalue weighted by Crippen LogP contribution is -2.62. The number of rotatable bonds is 3. The van der Waals surface area contributed by atoms with E-state index in [2.05, 4.69) is 14.2 Å². The highest BCUT2D eigenvalue weighted by atomic mass is 16.7. The van der Waals surface area contributed by atoms with Crippen molar-refractivity contribution >= 4 is 17.9 Å². The van der Waals surface area contributed by atoms with Crippen molar-refractivity contribution in [1.82, 2.24) is 5.06 Å². The molecule has 1 heterocycles. The fraction of sp³-hybridized carbons (Fsp3) is 0.727. The third-order valence-electron chi connectivity index (χ3n) is 3.19. The standard InChI is InChI=1S/C11H17NO7/c1-6-7(8(13)16-3)11(9(14)17-4,10(15)18-5)12(2)19-6/h6-7H,1-5H3. The van der Waals surface area contributed by atoms with E-state index in [-0.39, 0.29) is 0 Å². The van der Waals surface area contributed by atoms with Crippen LogP contribution in [-0.4, -0.2) is 63.0 Å². The van der Waals surface area contributed by atoms with Gasteiger partial charge in [-0.15, -0.1) is 0 Å². The molecule has 0 aliphatic carbocycles. The molecule has 2 unspecified atom stereocenters. The minimum atomic E-state index is -2.00. The number of hydroxylamine groups is 2. The summed E-state index contributed by atoms with van der Waals surface area (Å²) in [6, 6.07) is 0. The van der Waals surface area contributed by atoms with Crippen LogP contribution < -0.4 is 0 Å². The van der Waals surface area contributed by atoms with Crippen molar-refractivity contribution in [3.05, 3.63) is 0 Å². The molecule has 0 bridgehead atoms. The molecule has 0 spiro atoms. The molecule has 2 atom stereocenters. The number of hydrogen-bond donors (Lipinski definition) is 0. The van der Waals surface area contributed by atoms with Gasteiger partial charge in [-0.2, -0.15) is 5.06 Å². The Bertz CT molecular complexity index is 379. The van der Waals surface area contributed by atoms with Crippen molar-refractivity contribution in [2.75, 3.05) is 28.4 Å². The predicted molar refractivity (Wildman–Crippen MR) is 60.6 cm³/mol. The summed E-state index contributed by atoms with van der Waals surface area (Å²) in [5, 5.41) is 0.983. The van der Waals surface area contributed by atoms with Gasteiger partial charge in [-0.05, 0) is 6.92 Å². The second kappa shape index (κ2) is 5.54. The summed E-state index contributed by atoms with van der Waals surface area (Å²) in [4.78, 5) is 41.3. The lowest BCUT2D eigenvalue weighted by Gasteiger charge is -2.31. The molecule has 1 rings (SSSR count). The Morgan fingerprint density at radius 2 is 1.53 bits per heavy atom. The summed E-state index contributed by atoms with van der Waals surface area (Å²) >= 11 is 0. The van der Waals surface area contributed by atoms with Crippen LogP contribution in [-0.2, 0) is 33.4 Å². The Kier molecular flexibility index (Phi) is 4.48. The maximum Gasteiger partial charge on any atom is 0.341 e. The molecule has 0 N–H and O–H groups in total. The minimum absolute atomic E-state index is 0.740. The van der Waals surface area contributed by atoms with Crippen molar-refractivity contribution in [1.29, 1.82) is 0 Å². The molecule has 1 fully saturated rings. The monoisotopic (exact) mass is 275 g/mol. The van der Waals surface area contributed by atoms with Gasteiger partial charge in [0.05, 0.1) is 27.4 Å². The van der Waals surface area contributed by atoms with E-state index in [1.54, 1.807) is 6.92 Å². The first kappa shape index (κ1) is 15.4. The van der Waals surface area contributed by atoms with Crippen LogP contribution in [0.15, 0.2) is 0 Å². The normalized spacial score (nSPS) is 25.7. The van der Waals surface area contributed by atoms with E-state index < -0.39 is 35.5 Å². The average molecular weight is 275 g/mol. The van der Waals surface area contributed by atoms with Gasteiger partial charge in [0.15, 0.2) is 0 Å². The highest BCUT2D eigenvalue weighted by molar-refractivity contribution is 6.09. The zero-order valence-electron chi connectivity index (χ0n) is 11.5. The first-order chi connectivity index (χ1) is 8.87. The van der Waals surface area contributed by atoms with Crippen LogP contribution in [0.3, 0.4) is 0 Å². The van der Waals surface area contributed by atoms with E-state index >= 15 is 0 Å². The quantitative estimate of drug-likeness (QED) is 0.373. The van der Waals surface area contributed by atoms with Crippen molar-refractivity contribution in [3.8, 4) is 0 Å². The Balaban J connectivity index is 3.42. The van der Waals surface area contributed by atoms with Gasteiger partial charge < -0.3 is 14.2 Å². The van der Waals surface area contributed by atoms with Crippen molar-refractivity contribution in [2.24, 2.45) is 5.92 Å². The van der Waals surface area contributed by atoms with Gasteiger partial charge in [0.1, 0.15) is 5.92 Å². The smallest absolute Gasteiger partial charge is 0.341 e. The highest BCUT2D eigenvalue weighted by Gasteiger charge is 2.68. The maximum atomic E-state index is 12.1. The van der Waals surface area contributed by atoms with Gasteiger partial charge in [0.25, 0.3) is 5.54 Å². The summed E-state index contributed by atoms with van der Waals surface area (Å²) in [5.41, 5.74) is -2.00. The molecule has 8 nitrogen and oxygen atoms in total. The molecule has 0 radical (unpaired) electrons. The van der Waals surface area contributed by atoms with Crippen molar-refractivity contribution in [2.45, 2.75) is 18.6 Å². The summed E-state index contributed by atoms with van der Waals surface area (Å²) < 4.78 is 13.9. The SMILES string of the molecule is COC(=O)C1C(C)ON(C)C1(C(=O)OC)C(=O)OC. The minimum Gasteiger partial charge on any atom is -0.469 e. The molecule has 0 saturated carbocycles. The number of carbonyl (C=O) groups is 3. The first-order valence-corrected chi connectivity index (χ1v) is 5.53. The van der Waals surface area contributed by atoms with Crippen molar-refractivity contribution in [3.63, 3.8) is 0 Å². The zero-order valence-corrected chi connectivity index (χ0v) is 11.5. The number of likely N-dealkylation sites (N-methyl/N-ethyl adjacent to an activating group) is 1. The maximum absolute atomic E-state index is 12.1. The Hall–Kier alpha value is -1.67. The summed E-state index contributed by atoms with van der Waals surface area (Å²) in [5.74, 6) is -3.82. The highest BCUT2D eigenvalue weighted by Crippen LogP contribution is 2.39. The van der Waals surface area contributed by atoms with Crippen LogP contribution in [0.1, 0.15) is 6.92 Å². The fourth-order valence-corrected chi connectivity index (χ4v) is 2.32. The molecule has 0 aromatic rings. The molecule has 108 valence electrons. The van der Waals surface area contributed by atoms with E-state index in [9.17, 15) is 14.4 Å². The third kappa shape index (κ3) is 2.06. The molecule has 8 heteroatoms. The lowest BCUT2D eigenvalue weighted by molar-refractivity contribution is -0.202. The molecule has 1 saturated heterocycles. The molecule has 1 aliphatic rings. The number of hydrogen-bond acceptors (Lipinski definition) is 8. The molecular formula is C11H17NO7. The van der Waals surface area contributed by atoms with Crippen LogP contribution in [0.4, 0.5) is 0 Å². The number of esters is 3. The fourth-order valence-electron chi connectivity index (χ4n) is 2.32. The number of nitrogens with zero attached hydrogens (tertiary/aromatic N) is 1. The van der Waals surface area contributed by atoms with Gasteiger partial charge in [-0.1, -0.05) is 0 Å². The van der Waals surface area contributed by atoms with E-state index in [0.717, 1.165) is 26.4 Å². The van der Waals surface area contributed by atoms with E-state index in [1.165, 1.54) is 7.05 Å². The van der Waals surface area contributed by atoms with Crippen molar-refractivity contribution < 1.29 is 33.4 Å². The van der Waals surface area contributed by atoms with Gasteiger partial charge >= 0.3 is 17.9 Å². The Morgan fingerprint density at radius 3 is 1.89 bits per heavy atom. The van der Waals surface area contributed by atoms with Gasteiger partial charge in [0, 0.05) is 7.05 Å². The van der Waals surface area contributed by atoms with E-state index in [0.29, 0.717) is 0 Å². The van der Waals surface area contributed by atoms with Gasteiger partial charge in [-0.25, -0.2) is 9.59 Å². The van der Waals surface area contributed by atoms with E-state index in [4.69, 9.17) is 4.84 Å². The van der Waals surface area contributed by atoms with Gasteiger partial charge in [0.2, 0.25) is 0 Å². The Morgan fingerprint density at radius 1 is 1.05 bits per heavy atom. The van der Waals surface area contributed by atoms with Gasteiger partial charge in [-0.3, -0.25) is 9.63 Å². The molecule has 1 aliphatic heterocycles.